The zero-order valence-electron chi connectivity index (χ0n) is 8.15. The summed E-state index contributed by atoms with van der Waals surface area (Å²) in [4.78, 5) is 10.7. The van der Waals surface area contributed by atoms with Crippen LogP contribution in [0.15, 0.2) is 18.2 Å². The SMILES string of the molecule is CC(C)Oc1cc(N)cc(C(=O)O)c1. The fourth-order valence-electron chi connectivity index (χ4n) is 1.09. The molecule has 4 nitrogen and oxygen atoms in total. The Morgan fingerprint density at radius 3 is 2.57 bits per heavy atom. The van der Waals surface area contributed by atoms with Crippen molar-refractivity contribution in [2.24, 2.45) is 0 Å². The summed E-state index contributed by atoms with van der Waals surface area (Å²) in [5.41, 5.74) is 6.06. The van der Waals surface area contributed by atoms with Crippen LogP contribution >= 0.6 is 0 Å². The van der Waals surface area contributed by atoms with Crippen LogP contribution in [0, 0.1) is 0 Å². The highest BCUT2D eigenvalue weighted by atomic mass is 16.5. The summed E-state index contributed by atoms with van der Waals surface area (Å²) in [6.45, 7) is 3.73. The first-order chi connectivity index (χ1) is 6.49. The molecule has 0 spiro atoms. The minimum Gasteiger partial charge on any atom is -0.491 e. The Morgan fingerprint density at radius 2 is 2.07 bits per heavy atom. The normalized spacial score (nSPS) is 10.2. The summed E-state index contributed by atoms with van der Waals surface area (Å²) in [6, 6.07) is 4.46. The summed E-state index contributed by atoms with van der Waals surface area (Å²) >= 11 is 0. The number of ether oxygens (including phenoxy) is 1. The maximum absolute atomic E-state index is 10.7. The molecule has 0 unspecified atom stereocenters. The quantitative estimate of drug-likeness (QED) is 0.721. The van der Waals surface area contributed by atoms with Crippen molar-refractivity contribution in [2.45, 2.75) is 20.0 Å². The van der Waals surface area contributed by atoms with E-state index in [1.807, 2.05) is 13.8 Å². The maximum Gasteiger partial charge on any atom is 0.335 e. The van der Waals surface area contributed by atoms with Crippen molar-refractivity contribution in [3.8, 4) is 5.75 Å². The molecule has 0 aromatic heterocycles. The molecule has 0 aliphatic rings. The number of nitrogen functional groups attached to an aromatic ring is 1. The third-order valence-electron chi connectivity index (χ3n) is 1.55. The van der Waals surface area contributed by atoms with Crippen LogP contribution in [0.5, 0.6) is 5.75 Å². The van der Waals surface area contributed by atoms with E-state index in [1.54, 1.807) is 6.07 Å². The van der Waals surface area contributed by atoms with Crippen molar-refractivity contribution in [2.75, 3.05) is 5.73 Å². The maximum atomic E-state index is 10.7. The molecule has 1 rings (SSSR count). The second-order valence-corrected chi connectivity index (χ2v) is 3.26. The third kappa shape index (κ3) is 2.65. The van der Waals surface area contributed by atoms with Crippen molar-refractivity contribution < 1.29 is 14.6 Å². The van der Waals surface area contributed by atoms with Crippen molar-refractivity contribution in [3.05, 3.63) is 23.8 Å². The van der Waals surface area contributed by atoms with Gasteiger partial charge in [0.05, 0.1) is 11.7 Å². The first kappa shape index (κ1) is 10.4. The zero-order chi connectivity index (χ0) is 10.7. The lowest BCUT2D eigenvalue weighted by Gasteiger charge is -2.10. The molecule has 0 saturated carbocycles. The first-order valence-electron chi connectivity index (χ1n) is 4.29. The molecule has 0 aliphatic heterocycles. The fourth-order valence-corrected chi connectivity index (χ4v) is 1.09. The van der Waals surface area contributed by atoms with E-state index in [0.29, 0.717) is 11.4 Å². The average molecular weight is 195 g/mol. The fraction of sp³-hybridized carbons (Fsp3) is 0.300. The summed E-state index contributed by atoms with van der Waals surface area (Å²) in [5, 5.41) is 8.76. The molecule has 0 bridgehead atoms. The molecule has 1 aromatic rings. The Hall–Kier alpha value is -1.71. The van der Waals surface area contributed by atoms with Gasteiger partial charge in [0.25, 0.3) is 0 Å². The number of hydrogen-bond acceptors (Lipinski definition) is 3. The van der Waals surface area contributed by atoms with Gasteiger partial charge in [0.2, 0.25) is 0 Å². The Labute approximate surface area is 82.3 Å². The van der Waals surface area contributed by atoms with Crippen LogP contribution < -0.4 is 10.5 Å². The van der Waals surface area contributed by atoms with Crippen LogP contribution in [0.3, 0.4) is 0 Å². The first-order valence-corrected chi connectivity index (χ1v) is 4.29. The second kappa shape index (κ2) is 4.00. The zero-order valence-corrected chi connectivity index (χ0v) is 8.15. The van der Waals surface area contributed by atoms with Gasteiger partial charge in [0.15, 0.2) is 0 Å². The Balaban J connectivity index is 3.01. The topological polar surface area (TPSA) is 72.5 Å². The smallest absolute Gasteiger partial charge is 0.335 e. The molecule has 0 heterocycles. The number of carboxylic acids is 1. The van der Waals surface area contributed by atoms with Crippen LogP contribution in [0.4, 0.5) is 5.69 Å². The molecule has 0 aliphatic carbocycles. The van der Waals surface area contributed by atoms with Crippen LogP contribution in [0.1, 0.15) is 24.2 Å². The van der Waals surface area contributed by atoms with E-state index in [-0.39, 0.29) is 11.7 Å². The van der Waals surface area contributed by atoms with Crippen LogP contribution in [-0.4, -0.2) is 17.2 Å². The number of hydrogen-bond donors (Lipinski definition) is 2. The van der Waals surface area contributed by atoms with Gasteiger partial charge in [0.1, 0.15) is 5.75 Å². The minimum absolute atomic E-state index is 0.00144. The summed E-state index contributed by atoms with van der Waals surface area (Å²) in [7, 11) is 0. The van der Waals surface area contributed by atoms with E-state index < -0.39 is 5.97 Å². The monoisotopic (exact) mass is 195 g/mol. The number of carbonyl (C=O) groups is 1. The van der Waals surface area contributed by atoms with Gasteiger partial charge in [-0.1, -0.05) is 0 Å². The van der Waals surface area contributed by atoms with Gasteiger partial charge in [-0.05, 0) is 26.0 Å². The highest BCUT2D eigenvalue weighted by Crippen LogP contribution is 2.19. The number of benzene rings is 1. The predicted molar refractivity (Wildman–Crippen MR) is 53.6 cm³/mol. The average Bonchev–Trinajstić information content (AvgIpc) is 2.01. The van der Waals surface area contributed by atoms with Gasteiger partial charge in [-0.15, -0.1) is 0 Å². The van der Waals surface area contributed by atoms with E-state index in [2.05, 4.69) is 0 Å². The molecule has 0 saturated heterocycles. The standard InChI is InChI=1S/C10H13NO3/c1-6(2)14-9-4-7(10(12)13)3-8(11)5-9/h3-6H,11H2,1-2H3,(H,12,13). The summed E-state index contributed by atoms with van der Waals surface area (Å²) < 4.78 is 5.34. The van der Waals surface area contributed by atoms with Crippen molar-refractivity contribution in [1.82, 2.24) is 0 Å². The molecule has 0 radical (unpaired) electrons. The lowest BCUT2D eigenvalue weighted by atomic mass is 10.2. The highest BCUT2D eigenvalue weighted by molar-refractivity contribution is 5.89. The number of nitrogens with two attached hydrogens (primary N) is 1. The van der Waals surface area contributed by atoms with Gasteiger partial charge in [-0.3, -0.25) is 0 Å². The highest BCUT2D eigenvalue weighted by Gasteiger charge is 2.07. The number of aromatic carboxylic acids is 1. The molecular formula is C10H13NO3. The van der Waals surface area contributed by atoms with Crippen molar-refractivity contribution in [1.29, 1.82) is 0 Å². The Morgan fingerprint density at radius 1 is 1.43 bits per heavy atom. The van der Waals surface area contributed by atoms with E-state index in [4.69, 9.17) is 15.6 Å². The second-order valence-electron chi connectivity index (χ2n) is 3.26. The van der Waals surface area contributed by atoms with Gasteiger partial charge < -0.3 is 15.6 Å². The predicted octanol–water partition coefficient (Wildman–Crippen LogP) is 1.75. The van der Waals surface area contributed by atoms with E-state index in [1.165, 1.54) is 12.1 Å². The summed E-state index contributed by atoms with van der Waals surface area (Å²) in [6.07, 6.45) is -0.00144. The largest absolute Gasteiger partial charge is 0.491 e. The minimum atomic E-state index is -1.01. The molecule has 0 atom stereocenters. The van der Waals surface area contributed by atoms with E-state index in [0.717, 1.165) is 0 Å². The number of carboxylic acid groups (broad SMARTS) is 1. The van der Waals surface area contributed by atoms with Crippen LogP contribution in [0.25, 0.3) is 0 Å². The Bertz CT molecular complexity index is 347. The number of rotatable bonds is 3. The Kier molecular flexibility index (Phi) is 2.96. The van der Waals surface area contributed by atoms with Gasteiger partial charge in [-0.25, -0.2) is 4.79 Å². The molecular weight excluding hydrogens is 182 g/mol. The van der Waals surface area contributed by atoms with Crippen LogP contribution in [-0.2, 0) is 0 Å². The number of anilines is 1. The molecule has 14 heavy (non-hydrogen) atoms. The van der Waals surface area contributed by atoms with Gasteiger partial charge in [0, 0.05) is 11.8 Å². The lowest BCUT2D eigenvalue weighted by molar-refractivity contribution is 0.0696. The molecule has 76 valence electrons. The molecule has 3 N–H and O–H groups in total. The van der Waals surface area contributed by atoms with Gasteiger partial charge >= 0.3 is 5.97 Å². The lowest BCUT2D eigenvalue weighted by Crippen LogP contribution is -2.07. The molecule has 4 heteroatoms. The summed E-state index contributed by atoms with van der Waals surface area (Å²) in [5.74, 6) is -0.525. The molecule has 0 amide bonds. The van der Waals surface area contributed by atoms with Crippen molar-refractivity contribution >= 4 is 11.7 Å². The van der Waals surface area contributed by atoms with Gasteiger partial charge in [-0.2, -0.15) is 0 Å². The van der Waals surface area contributed by atoms with Crippen molar-refractivity contribution in [3.63, 3.8) is 0 Å². The molecule has 0 fully saturated rings. The molecule has 1 aromatic carbocycles. The van der Waals surface area contributed by atoms with E-state index in [9.17, 15) is 4.79 Å². The van der Waals surface area contributed by atoms with E-state index >= 15 is 0 Å². The third-order valence-corrected chi connectivity index (χ3v) is 1.55. The van der Waals surface area contributed by atoms with Crippen LogP contribution in [0.2, 0.25) is 0 Å².